The van der Waals surface area contributed by atoms with Gasteiger partial charge in [0.15, 0.2) is 0 Å². The summed E-state index contributed by atoms with van der Waals surface area (Å²) in [6.07, 6.45) is 5.00. The first-order chi connectivity index (χ1) is 8.79. The largest absolute Gasteiger partial charge is 0.311 e. The van der Waals surface area contributed by atoms with Gasteiger partial charge in [-0.05, 0) is 30.7 Å². The topological polar surface area (TPSA) is 57.8 Å². The third-order valence-corrected chi connectivity index (χ3v) is 3.71. The summed E-state index contributed by atoms with van der Waals surface area (Å²) in [4.78, 5) is 13.1. The number of anilines is 1. The van der Waals surface area contributed by atoms with E-state index in [1.165, 1.54) is 4.88 Å². The number of amides is 1. The van der Waals surface area contributed by atoms with Crippen LogP contribution in [0.5, 0.6) is 0 Å². The molecule has 2 aromatic heterocycles. The summed E-state index contributed by atoms with van der Waals surface area (Å²) in [6.45, 7) is 2.04. The van der Waals surface area contributed by atoms with E-state index in [2.05, 4.69) is 27.0 Å². The minimum Gasteiger partial charge on any atom is -0.311 e. The van der Waals surface area contributed by atoms with Crippen LogP contribution in [-0.4, -0.2) is 16.1 Å². The zero-order valence-corrected chi connectivity index (χ0v) is 11.2. The monoisotopic (exact) mass is 263 g/mol. The zero-order valence-electron chi connectivity index (χ0n) is 10.4. The standard InChI is InChI=1S/C13H17N3OS/c1-2-10-9-14-16-13(10)15-12(17)7-3-5-11-6-4-8-18-11/h4,6,8-9H,2-3,5,7H2,1H3,(H2,14,15,16,17). The molecule has 0 bridgehead atoms. The van der Waals surface area contributed by atoms with Gasteiger partial charge < -0.3 is 5.32 Å². The molecule has 0 aliphatic heterocycles. The highest BCUT2D eigenvalue weighted by Gasteiger charge is 2.07. The Morgan fingerprint density at radius 2 is 2.44 bits per heavy atom. The Bertz CT molecular complexity index is 490. The van der Waals surface area contributed by atoms with Crippen LogP contribution in [0.15, 0.2) is 23.7 Å². The van der Waals surface area contributed by atoms with Crippen LogP contribution in [0.4, 0.5) is 5.82 Å². The molecule has 96 valence electrons. The van der Waals surface area contributed by atoms with Crippen LogP contribution in [0.3, 0.4) is 0 Å². The van der Waals surface area contributed by atoms with Gasteiger partial charge in [0.2, 0.25) is 5.91 Å². The SMILES string of the molecule is CCc1cn[nH]c1NC(=O)CCCc1cccs1. The number of thiophene rings is 1. The molecule has 0 fully saturated rings. The van der Waals surface area contributed by atoms with E-state index in [0.29, 0.717) is 6.42 Å². The zero-order chi connectivity index (χ0) is 12.8. The molecule has 2 N–H and O–H groups in total. The molecular formula is C13H17N3OS. The molecule has 0 aromatic carbocycles. The van der Waals surface area contributed by atoms with Crippen molar-refractivity contribution >= 4 is 23.1 Å². The number of nitrogens with one attached hydrogen (secondary N) is 2. The van der Waals surface area contributed by atoms with Gasteiger partial charge in [0.05, 0.1) is 6.20 Å². The van der Waals surface area contributed by atoms with Gasteiger partial charge in [-0.15, -0.1) is 11.3 Å². The molecule has 0 radical (unpaired) electrons. The highest BCUT2D eigenvalue weighted by molar-refractivity contribution is 7.09. The second-order valence-electron chi connectivity index (χ2n) is 4.10. The van der Waals surface area contributed by atoms with Crippen molar-refractivity contribution in [3.63, 3.8) is 0 Å². The van der Waals surface area contributed by atoms with Crippen molar-refractivity contribution in [1.29, 1.82) is 0 Å². The van der Waals surface area contributed by atoms with Gasteiger partial charge in [-0.1, -0.05) is 13.0 Å². The molecule has 2 rings (SSSR count). The Kier molecular flexibility index (Phi) is 4.52. The van der Waals surface area contributed by atoms with Crippen molar-refractivity contribution < 1.29 is 4.79 Å². The molecule has 0 unspecified atom stereocenters. The molecule has 18 heavy (non-hydrogen) atoms. The molecule has 0 aliphatic rings. The second kappa shape index (κ2) is 6.35. The van der Waals surface area contributed by atoms with E-state index in [-0.39, 0.29) is 5.91 Å². The van der Waals surface area contributed by atoms with Crippen molar-refractivity contribution in [2.75, 3.05) is 5.32 Å². The third-order valence-electron chi connectivity index (χ3n) is 2.77. The number of carbonyl (C=O) groups is 1. The average Bonchev–Trinajstić information content (AvgIpc) is 3.00. The van der Waals surface area contributed by atoms with Crippen molar-refractivity contribution in [2.45, 2.75) is 32.6 Å². The van der Waals surface area contributed by atoms with Crippen LogP contribution in [0.25, 0.3) is 0 Å². The summed E-state index contributed by atoms with van der Waals surface area (Å²) < 4.78 is 0. The van der Waals surface area contributed by atoms with Gasteiger partial charge in [-0.2, -0.15) is 5.10 Å². The maximum absolute atomic E-state index is 11.8. The van der Waals surface area contributed by atoms with Crippen molar-refractivity contribution in [3.8, 4) is 0 Å². The lowest BCUT2D eigenvalue weighted by Gasteiger charge is -2.04. The lowest BCUT2D eigenvalue weighted by Crippen LogP contribution is -2.12. The number of aromatic nitrogens is 2. The molecule has 0 aliphatic carbocycles. The second-order valence-corrected chi connectivity index (χ2v) is 5.14. The fourth-order valence-corrected chi connectivity index (χ4v) is 2.52. The number of hydrogen-bond donors (Lipinski definition) is 2. The van der Waals surface area contributed by atoms with Crippen LogP contribution < -0.4 is 5.32 Å². The lowest BCUT2D eigenvalue weighted by molar-refractivity contribution is -0.116. The van der Waals surface area contributed by atoms with Gasteiger partial charge >= 0.3 is 0 Å². The maximum Gasteiger partial charge on any atom is 0.225 e. The summed E-state index contributed by atoms with van der Waals surface area (Å²) in [5.41, 5.74) is 1.04. The molecule has 2 aromatic rings. The Labute approximate surface area is 110 Å². The molecule has 0 spiro atoms. The molecule has 4 nitrogen and oxygen atoms in total. The predicted octanol–water partition coefficient (Wildman–Crippen LogP) is 3.00. The van der Waals surface area contributed by atoms with Gasteiger partial charge in [0.25, 0.3) is 0 Å². The predicted molar refractivity (Wildman–Crippen MR) is 73.9 cm³/mol. The van der Waals surface area contributed by atoms with Crippen molar-refractivity contribution in [2.24, 2.45) is 0 Å². The number of rotatable bonds is 6. The first-order valence-corrected chi connectivity index (χ1v) is 7.02. The molecule has 0 saturated carbocycles. The molecule has 1 amide bonds. The Morgan fingerprint density at radius 3 is 3.17 bits per heavy atom. The molecular weight excluding hydrogens is 246 g/mol. The van der Waals surface area contributed by atoms with E-state index in [1.54, 1.807) is 17.5 Å². The van der Waals surface area contributed by atoms with Crippen LogP contribution in [-0.2, 0) is 17.6 Å². The maximum atomic E-state index is 11.8. The molecule has 5 heteroatoms. The van der Waals surface area contributed by atoms with Gasteiger partial charge in [-0.3, -0.25) is 9.89 Å². The summed E-state index contributed by atoms with van der Waals surface area (Å²) in [7, 11) is 0. The number of aryl methyl sites for hydroxylation is 2. The smallest absolute Gasteiger partial charge is 0.225 e. The first-order valence-electron chi connectivity index (χ1n) is 6.14. The number of hydrogen-bond acceptors (Lipinski definition) is 3. The summed E-state index contributed by atoms with van der Waals surface area (Å²) in [6, 6.07) is 4.14. The van der Waals surface area contributed by atoms with E-state index >= 15 is 0 Å². The fraction of sp³-hybridized carbons (Fsp3) is 0.385. The Balaban J connectivity index is 1.75. The van der Waals surface area contributed by atoms with E-state index < -0.39 is 0 Å². The van der Waals surface area contributed by atoms with Crippen molar-refractivity contribution in [3.05, 3.63) is 34.2 Å². The summed E-state index contributed by atoms with van der Waals surface area (Å²) in [5, 5.41) is 11.7. The normalized spacial score (nSPS) is 10.5. The summed E-state index contributed by atoms with van der Waals surface area (Å²) in [5.74, 6) is 0.782. The minimum absolute atomic E-state index is 0.0468. The highest BCUT2D eigenvalue weighted by Crippen LogP contribution is 2.14. The Morgan fingerprint density at radius 1 is 1.56 bits per heavy atom. The number of aromatic amines is 1. The van der Waals surface area contributed by atoms with Crippen LogP contribution in [0, 0.1) is 0 Å². The van der Waals surface area contributed by atoms with Gasteiger partial charge in [0.1, 0.15) is 5.82 Å². The summed E-state index contributed by atoms with van der Waals surface area (Å²) >= 11 is 1.74. The fourth-order valence-electron chi connectivity index (χ4n) is 1.77. The molecule has 2 heterocycles. The van der Waals surface area contributed by atoms with Gasteiger partial charge in [-0.25, -0.2) is 0 Å². The number of H-pyrrole nitrogens is 1. The van der Waals surface area contributed by atoms with Crippen molar-refractivity contribution in [1.82, 2.24) is 10.2 Å². The van der Waals surface area contributed by atoms with E-state index in [4.69, 9.17) is 0 Å². The molecule has 0 saturated heterocycles. The quantitative estimate of drug-likeness (QED) is 0.841. The lowest BCUT2D eigenvalue weighted by atomic mass is 10.2. The minimum atomic E-state index is 0.0468. The number of carbonyl (C=O) groups excluding carboxylic acids is 1. The molecule has 0 atom stereocenters. The van der Waals surface area contributed by atoms with E-state index in [0.717, 1.165) is 30.6 Å². The number of nitrogens with zero attached hydrogens (tertiary/aromatic N) is 1. The van der Waals surface area contributed by atoms with Crippen LogP contribution >= 0.6 is 11.3 Å². The van der Waals surface area contributed by atoms with Crippen LogP contribution in [0.2, 0.25) is 0 Å². The third kappa shape index (κ3) is 3.43. The van der Waals surface area contributed by atoms with Gasteiger partial charge in [0, 0.05) is 16.9 Å². The Hall–Kier alpha value is -1.62. The van der Waals surface area contributed by atoms with Crippen LogP contribution in [0.1, 0.15) is 30.2 Å². The first kappa shape index (κ1) is 12.8. The average molecular weight is 263 g/mol. The van der Waals surface area contributed by atoms with E-state index in [9.17, 15) is 4.79 Å². The highest BCUT2D eigenvalue weighted by atomic mass is 32.1. The van der Waals surface area contributed by atoms with E-state index in [1.807, 2.05) is 13.0 Å².